The predicted molar refractivity (Wildman–Crippen MR) is 125 cm³/mol. The molecule has 6 nitrogen and oxygen atoms in total. The maximum Gasteiger partial charge on any atom is 0.341 e. The first kappa shape index (κ1) is 22.0. The van der Waals surface area contributed by atoms with Gasteiger partial charge in [0.25, 0.3) is 0 Å². The molecule has 1 heterocycles. The van der Waals surface area contributed by atoms with E-state index in [2.05, 4.69) is 5.32 Å². The monoisotopic (exact) mass is 451 g/mol. The molecule has 0 spiro atoms. The van der Waals surface area contributed by atoms with Crippen molar-refractivity contribution in [3.8, 4) is 11.1 Å². The Morgan fingerprint density at radius 3 is 2.50 bits per heavy atom. The minimum absolute atomic E-state index is 0.209. The number of carbonyl (C=O) groups is 3. The van der Waals surface area contributed by atoms with Crippen LogP contribution in [0, 0.1) is 11.8 Å². The standard InChI is InChI=1S/C25H25NO5S/c1-2-31-25(30)21-20(17-13-7-9-15-8-3-4-10-16(15)17)14-32-23(21)26-22(27)18-11-5-6-12-19(18)24(28)29/h3-4,7-10,13-14,18-19H,2,5-6,11-12H2,1H3,(H,26,27)(H,28,29)/t18-,19+/m0/s1. The molecule has 2 aromatic carbocycles. The lowest BCUT2D eigenvalue weighted by Crippen LogP contribution is -2.36. The summed E-state index contributed by atoms with van der Waals surface area (Å²) in [5.41, 5.74) is 1.88. The second-order valence-corrected chi connectivity index (χ2v) is 8.81. The van der Waals surface area contributed by atoms with Gasteiger partial charge in [0.15, 0.2) is 0 Å². The molecule has 3 aromatic rings. The van der Waals surface area contributed by atoms with E-state index in [-0.39, 0.29) is 12.5 Å². The van der Waals surface area contributed by atoms with Crippen LogP contribution in [-0.2, 0) is 14.3 Å². The lowest BCUT2D eigenvalue weighted by Gasteiger charge is -2.27. The average molecular weight is 452 g/mol. The number of carbonyl (C=O) groups excluding carboxylic acids is 2. The van der Waals surface area contributed by atoms with Gasteiger partial charge in [-0.3, -0.25) is 9.59 Å². The molecule has 7 heteroatoms. The van der Waals surface area contributed by atoms with E-state index in [9.17, 15) is 19.5 Å². The summed E-state index contributed by atoms with van der Waals surface area (Å²) in [5.74, 6) is -3.12. The summed E-state index contributed by atoms with van der Waals surface area (Å²) in [6.07, 6.45) is 2.64. The Morgan fingerprint density at radius 1 is 1.03 bits per heavy atom. The summed E-state index contributed by atoms with van der Waals surface area (Å²) in [6.45, 7) is 1.94. The maximum atomic E-state index is 13.1. The van der Waals surface area contributed by atoms with Crippen molar-refractivity contribution in [3.63, 3.8) is 0 Å². The number of amides is 1. The third-order valence-corrected chi connectivity index (χ3v) is 6.90. The topological polar surface area (TPSA) is 92.7 Å². The number of fused-ring (bicyclic) bond motifs is 1. The lowest BCUT2D eigenvalue weighted by molar-refractivity contribution is -0.147. The second kappa shape index (κ2) is 9.53. The van der Waals surface area contributed by atoms with E-state index in [4.69, 9.17) is 4.74 Å². The van der Waals surface area contributed by atoms with Crippen LogP contribution in [0.2, 0.25) is 0 Å². The Morgan fingerprint density at radius 2 is 1.75 bits per heavy atom. The maximum absolute atomic E-state index is 13.1. The van der Waals surface area contributed by atoms with Crippen LogP contribution in [0.25, 0.3) is 21.9 Å². The largest absolute Gasteiger partial charge is 0.481 e. The van der Waals surface area contributed by atoms with Crippen LogP contribution in [0.5, 0.6) is 0 Å². The molecule has 32 heavy (non-hydrogen) atoms. The van der Waals surface area contributed by atoms with Gasteiger partial charge in [0, 0.05) is 10.9 Å². The summed E-state index contributed by atoms with van der Waals surface area (Å²) in [4.78, 5) is 37.6. The Balaban J connectivity index is 1.73. The van der Waals surface area contributed by atoms with E-state index in [0.29, 0.717) is 29.0 Å². The Bertz CT molecular complexity index is 1160. The molecule has 0 bridgehead atoms. The molecular formula is C25H25NO5S. The lowest BCUT2D eigenvalue weighted by atomic mass is 9.78. The fourth-order valence-corrected chi connectivity index (χ4v) is 5.41. The van der Waals surface area contributed by atoms with Crippen molar-refractivity contribution >= 4 is 45.0 Å². The van der Waals surface area contributed by atoms with Crippen molar-refractivity contribution in [1.29, 1.82) is 0 Å². The molecule has 1 amide bonds. The number of anilines is 1. The third kappa shape index (κ3) is 4.25. The van der Waals surface area contributed by atoms with Crippen LogP contribution in [0.15, 0.2) is 47.8 Å². The Hall–Kier alpha value is -3.19. The molecular weight excluding hydrogens is 426 g/mol. The van der Waals surface area contributed by atoms with Gasteiger partial charge in [-0.1, -0.05) is 55.3 Å². The molecule has 2 atom stereocenters. The molecule has 0 radical (unpaired) electrons. The van der Waals surface area contributed by atoms with Crippen LogP contribution < -0.4 is 5.32 Å². The van der Waals surface area contributed by atoms with Crippen molar-refractivity contribution in [2.24, 2.45) is 11.8 Å². The van der Waals surface area contributed by atoms with Gasteiger partial charge in [0.2, 0.25) is 5.91 Å². The predicted octanol–water partition coefficient (Wildman–Crippen LogP) is 5.57. The number of benzene rings is 2. The number of rotatable bonds is 6. The van der Waals surface area contributed by atoms with Crippen LogP contribution in [0.1, 0.15) is 43.0 Å². The molecule has 0 aliphatic heterocycles. The molecule has 2 N–H and O–H groups in total. The number of carboxylic acids is 1. The van der Waals surface area contributed by atoms with Crippen LogP contribution in [0.3, 0.4) is 0 Å². The zero-order chi connectivity index (χ0) is 22.7. The quantitative estimate of drug-likeness (QED) is 0.478. The Kier molecular flexibility index (Phi) is 6.55. The summed E-state index contributed by atoms with van der Waals surface area (Å²) in [5, 5.41) is 16.7. The zero-order valence-electron chi connectivity index (χ0n) is 17.8. The number of nitrogens with one attached hydrogen (secondary N) is 1. The van der Waals surface area contributed by atoms with Gasteiger partial charge in [-0.05, 0) is 36.1 Å². The average Bonchev–Trinajstić information content (AvgIpc) is 3.22. The fourth-order valence-electron chi connectivity index (χ4n) is 4.46. The summed E-state index contributed by atoms with van der Waals surface area (Å²) < 4.78 is 5.31. The minimum Gasteiger partial charge on any atom is -0.481 e. The number of hydrogen-bond donors (Lipinski definition) is 2. The van der Waals surface area contributed by atoms with Crippen LogP contribution in [-0.4, -0.2) is 29.6 Å². The molecule has 4 rings (SSSR count). The number of aliphatic carboxylic acids is 1. The minimum atomic E-state index is -0.946. The van der Waals surface area contributed by atoms with Crippen molar-refractivity contribution in [2.45, 2.75) is 32.6 Å². The summed E-state index contributed by atoms with van der Waals surface area (Å²) in [6, 6.07) is 13.8. The third-order valence-electron chi connectivity index (χ3n) is 6.01. The first-order chi connectivity index (χ1) is 15.5. The van der Waals surface area contributed by atoms with Gasteiger partial charge in [-0.25, -0.2) is 4.79 Å². The van der Waals surface area contributed by atoms with E-state index < -0.39 is 23.8 Å². The van der Waals surface area contributed by atoms with E-state index in [0.717, 1.165) is 29.2 Å². The highest BCUT2D eigenvalue weighted by Crippen LogP contribution is 2.40. The van der Waals surface area contributed by atoms with E-state index >= 15 is 0 Å². The highest BCUT2D eigenvalue weighted by Gasteiger charge is 2.36. The molecule has 1 saturated carbocycles. The molecule has 1 aliphatic rings. The molecule has 0 saturated heterocycles. The van der Waals surface area contributed by atoms with Crippen LogP contribution in [0.4, 0.5) is 5.00 Å². The molecule has 0 unspecified atom stereocenters. The Labute approximate surface area is 190 Å². The first-order valence-corrected chi connectivity index (χ1v) is 11.7. The number of hydrogen-bond acceptors (Lipinski definition) is 5. The van der Waals surface area contributed by atoms with E-state index in [1.807, 2.05) is 47.8 Å². The number of ether oxygens (including phenoxy) is 1. The summed E-state index contributed by atoms with van der Waals surface area (Å²) in [7, 11) is 0. The number of carboxylic acid groups (broad SMARTS) is 1. The van der Waals surface area contributed by atoms with Gasteiger partial charge in [-0.15, -0.1) is 11.3 Å². The SMILES string of the molecule is CCOC(=O)c1c(-c2cccc3ccccc23)csc1NC(=O)[C@H]1CCCC[C@H]1C(=O)O. The highest BCUT2D eigenvalue weighted by atomic mass is 32.1. The van der Waals surface area contributed by atoms with Gasteiger partial charge in [-0.2, -0.15) is 0 Å². The van der Waals surface area contributed by atoms with Crippen molar-refractivity contribution in [2.75, 3.05) is 11.9 Å². The molecule has 1 fully saturated rings. The van der Waals surface area contributed by atoms with Gasteiger partial charge in [0.05, 0.1) is 18.4 Å². The molecule has 166 valence electrons. The van der Waals surface area contributed by atoms with Gasteiger partial charge < -0.3 is 15.2 Å². The first-order valence-electron chi connectivity index (χ1n) is 10.8. The fraction of sp³-hybridized carbons (Fsp3) is 0.320. The number of thiophene rings is 1. The van der Waals surface area contributed by atoms with E-state index in [1.54, 1.807) is 6.92 Å². The van der Waals surface area contributed by atoms with E-state index in [1.165, 1.54) is 11.3 Å². The summed E-state index contributed by atoms with van der Waals surface area (Å²) >= 11 is 1.26. The number of esters is 1. The second-order valence-electron chi connectivity index (χ2n) is 7.93. The normalized spacial score (nSPS) is 18.3. The smallest absolute Gasteiger partial charge is 0.341 e. The zero-order valence-corrected chi connectivity index (χ0v) is 18.6. The van der Waals surface area contributed by atoms with Crippen molar-refractivity contribution in [1.82, 2.24) is 0 Å². The van der Waals surface area contributed by atoms with Crippen molar-refractivity contribution in [3.05, 3.63) is 53.4 Å². The highest BCUT2D eigenvalue weighted by molar-refractivity contribution is 7.15. The molecule has 1 aromatic heterocycles. The van der Waals surface area contributed by atoms with Crippen molar-refractivity contribution < 1.29 is 24.2 Å². The molecule has 1 aliphatic carbocycles. The van der Waals surface area contributed by atoms with Gasteiger partial charge in [0.1, 0.15) is 10.6 Å². The van der Waals surface area contributed by atoms with Crippen LogP contribution >= 0.6 is 11.3 Å². The van der Waals surface area contributed by atoms with Gasteiger partial charge >= 0.3 is 11.9 Å².